The molecule has 2 rings (SSSR count). The third-order valence-corrected chi connectivity index (χ3v) is 5.54. The number of carbonyl (C=O) groups is 2. The van der Waals surface area contributed by atoms with Crippen molar-refractivity contribution in [3.63, 3.8) is 0 Å². The van der Waals surface area contributed by atoms with E-state index in [0.29, 0.717) is 6.42 Å². The van der Waals surface area contributed by atoms with Gasteiger partial charge in [-0.2, -0.15) is 0 Å². The monoisotopic (exact) mass is 349 g/mol. The van der Waals surface area contributed by atoms with E-state index >= 15 is 0 Å². The molecule has 1 heterocycles. The molecule has 1 aliphatic rings. The van der Waals surface area contributed by atoms with E-state index in [4.69, 9.17) is 0 Å². The van der Waals surface area contributed by atoms with Crippen molar-refractivity contribution in [1.29, 1.82) is 0 Å². The average molecular weight is 349 g/mol. The second kappa shape index (κ2) is 7.39. The standard InChI is InChI=1S/C16H19N3O4S/c1-24(22,23)16(10-4-2-5-11-16)15(21)19-18-14(20)9-8-13-7-3-6-12-17-13/h2-7,10,12H,8-9,11H2,1H3,(H,18,20)(H,19,21). The predicted octanol–water partition coefficient (Wildman–Crippen LogP) is 0.461. The van der Waals surface area contributed by atoms with Crippen molar-refractivity contribution in [2.24, 2.45) is 0 Å². The molecule has 1 unspecified atom stereocenters. The molecule has 0 saturated heterocycles. The molecule has 0 spiro atoms. The van der Waals surface area contributed by atoms with Gasteiger partial charge in [0.05, 0.1) is 0 Å². The second-order valence-corrected chi connectivity index (χ2v) is 7.75. The molecule has 0 radical (unpaired) electrons. The molecule has 1 aromatic rings. The Morgan fingerprint density at radius 3 is 2.62 bits per heavy atom. The number of nitrogens with one attached hydrogen (secondary N) is 2. The summed E-state index contributed by atoms with van der Waals surface area (Å²) in [6.07, 6.45) is 9.31. The highest BCUT2D eigenvalue weighted by atomic mass is 32.2. The Morgan fingerprint density at radius 2 is 2.04 bits per heavy atom. The highest BCUT2D eigenvalue weighted by molar-refractivity contribution is 7.93. The number of aryl methyl sites for hydroxylation is 1. The lowest BCUT2D eigenvalue weighted by molar-refractivity contribution is -0.129. The number of hydrazine groups is 1. The Balaban J connectivity index is 1.93. The van der Waals surface area contributed by atoms with Crippen molar-refractivity contribution < 1.29 is 18.0 Å². The SMILES string of the molecule is CS(=O)(=O)C1(C(=O)NNC(=O)CCc2ccccn2)C=CC=CC1. The fourth-order valence-electron chi connectivity index (χ4n) is 2.29. The van der Waals surface area contributed by atoms with Crippen LogP contribution in [0.4, 0.5) is 0 Å². The largest absolute Gasteiger partial charge is 0.273 e. The maximum absolute atomic E-state index is 12.3. The van der Waals surface area contributed by atoms with E-state index in [-0.39, 0.29) is 12.8 Å². The highest BCUT2D eigenvalue weighted by Crippen LogP contribution is 2.27. The molecule has 1 atom stereocenters. The Kier molecular flexibility index (Phi) is 5.50. The van der Waals surface area contributed by atoms with Crippen LogP contribution < -0.4 is 10.9 Å². The Bertz CT molecular complexity index is 772. The highest BCUT2D eigenvalue weighted by Gasteiger charge is 2.45. The van der Waals surface area contributed by atoms with Crippen LogP contribution in [0.25, 0.3) is 0 Å². The molecule has 128 valence electrons. The van der Waals surface area contributed by atoms with E-state index in [0.717, 1.165) is 11.9 Å². The van der Waals surface area contributed by atoms with E-state index in [1.165, 1.54) is 12.2 Å². The van der Waals surface area contributed by atoms with Crippen molar-refractivity contribution >= 4 is 21.7 Å². The van der Waals surface area contributed by atoms with Crippen LogP contribution in [0.2, 0.25) is 0 Å². The van der Waals surface area contributed by atoms with Crippen LogP contribution in [0.1, 0.15) is 18.5 Å². The fourth-order valence-corrected chi connectivity index (χ4v) is 3.41. The molecular weight excluding hydrogens is 330 g/mol. The summed E-state index contributed by atoms with van der Waals surface area (Å²) in [5.74, 6) is -1.20. The molecule has 0 aliphatic heterocycles. The smallest absolute Gasteiger partial charge is 0.264 e. The number of hydrogen-bond acceptors (Lipinski definition) is 5. The van der Waals surface area contributed by atoms with Crippen molar-refractivity contribution in [2.45, 2.75) is 24.0 Å². The van der Waals surface area contributed by atoms with Gasteiger partial charge in [0.25, 0.3) is 5.91 Å². The zero-order valence-corrected chi connectivity index (χ0v) is 14.0. The minimum Gasteiger partial charge on any atom is -0.273 e. The van der Waals surface area contributed by atoms with Gasteiger partial charge in [-0.3, -0.25) is 25.4 Å². The first-order valence-corrected chi connectivity index (χ1v) is 9.27. The molecule has 0 fully saturated rings. The Morgan fingerprint density at radius 1 is 1.25 bits per heavy atom. The fraction of sp³-hybridized carbons (Fsp3) is 0.312. The normalized spacial score (nSPS) is 19.7. The van der Waals surface area contributed by atoms with Gasteiger partial charge in [-0.15, -0.1) is 0 Å². The molecule has 1 aromatic heterocycles. The molecule has 2 amide bonds. The molecular formula is C16H19N3O4S. The lowest BCUT2D eigenvalue weighted by Gasteiger charge is -2.27. The van der Waals surface area contributed by atoms with Crippen LogP contribution in [-0.4, -0.2) is 36.2 Å². The van der Waals surface area contributed by atoms with Gasteiger partial charge in [-0.25, -0.2) is 8.42 Å². The molecule has 0 saturated carbocycles. The molecule has 0 bridgehead atoms. The van der Waals surface area contributed by atoms with E-state index in [1.807, 2.05) is 6.07 Å². The predicted molar refractivity (Wildman–Crippen MR) is 89.3 cm³/mol. The molecule has 0 aromatic carbocycles. The van der Waals surface area contributed by atoms with Gasteiger partial charge in [0.2, 0.25) is 5.91 Å². The number of hydrogen-bond donors (Lipinski definition) is 2. The summed E-state index contributed by atoms with van der Waals surface area (Å²) in [4.78, 5) is 28.3. The van der Waals surface area contributed by atoms with Crippen molar-refractivity contribution in [1.82, 2.24) is 15.8 Å². The van der Waals surface area contributed by atoms with E-state index in [2.05, 4.69) is 15.8 Å². The van der Waals surface area contributed by atoms with Gasteiger partial charge < -0.3 is 0 Å². The zero-order valence-electron chi connectivity index (χ0n) is 13.2. The van der Waals surface area contributed by atoms with Gasteiger partial charge in [0.1, 0.15) is 0 Å². The van der Waals surface area contributed by atoms with E-state index < -0.39 is 26.4 Å². The first kappa shape index (κ1) is 17.9. The molecule has 8 heteroatoms. The minimum atomic E-state index is -3.70. The van der Waals surface area contributed by atoms with Crippen LogP contribution in [-0.2, 0) is 25.8 Å². The Hall–Kier alpha value is -2.48. The van der Waals surface area contributed by atoms with Crippen LogP contribution >= 0.6 is 0 Å². The van der Waals surface area contributed by atoms with Crippen molar-refractivity contribution in [3.05, 3.63) is 54.4 Å². The Labute approximate surface area is 140 Å². The van der Waals surface area contributed by atoms with Crippen molar-refractivity contribution in [3.8, 4) is 0 Å². The first-order valence-electron chi connectivity index (χ1n) is 7.38. The average Bonchev–Trinajstić information content (AvgIpc) is 2.58. The first-order chi connectivity index (χ1) is 11.3. The summed E-state index contributed by atoms with van der Waals surface area (Å²) in [5.41, 5.74) is 5.23. The summed E-state index contributed by atoms with van der Waals surface area (Å²) in [5, 5.41) is 0. The third kappa shape index (κ3) is 4.08. The third-order valence-electron chi connectivity index (χ3n) is 3.73. The number of carbonyl (C=O) groups excluding carboxylic acids is 2. The van der Waals surface area contributed by atoms with Crippen LogP contribution in [0, 0.1) is 0 Å². The van der Waals surface area contributed by atoms with Gasteiger partial charge >= 0.3 is 0 Å². The van der Waals surface area contributed by atoms with Gasteiger partial charge in [-0.05, 0) is 25.0 Å². The number of amides is 2. The van der Waals surface area contributed by atoms with Crippen molar-refractivity contribution in [2.75, 3.05) is 6.26 Å². The maximum atomic E-state index is 12.3. The zero-order chi connectivity index (χ0) is 17.6. The maximum Gasteiger partial charge on any atom is 0.264 e. The summed E-state index contributed by atoms with van der Waals surface area (Å²) in [6, 6.07) is 5.39. The molecule has 1 aliphatic carbocycles. The number of aromatic nitrogens is 1. The molecule has 2 N–H and O–H groups in total. The number of nitrogens with zero attached hydrogens (tertiary/aromatic N) is 1. The van der Waals surface area contributed by atoms with E-state index in [9.17, 15) is 18.0 Å². The summed E-state index contributed by atoms with van der Waals surface area (Å²) in [7, 11) is -3.70. The number of pyridine rings is 1. The summed E-state index contributed by atoms with van der Waals surface area (Å²) in [6.45, 7) is 0. The molecule has 24 heavy (non-hydrogen) atoms. The lowest BCUT2D eigenvalue weighted by atomic mass is 9.99. The number of sulfone groups is 1. The number of rotatable bonds is 5. The quantitative estimate of drug-likeness (QED) is 0.752. The van der Waals surface area contributed by atoms with Gasteiger partial charge in [-0.1, -0.05) is 30.4 Å². The number of allylic oxidation sites excluding steroid dienone is 3. The van der Waals surface area contributed by atoms with Gasteiger partial charge in [0, 0.05) is 24.6 Å². The van der Waals surface area contributed by atoms with Gasteiger partial charge in [0.15, 0.2) is 14.6 Å². The minimum absolute atomic E-state index is 0.0258. The van der Waals surface area contributed by atoms with Crippen LogP contribution in [0.15, 0.2) is 48.7 Å². The topological polar surface area (TPSA) is 105 Å². The summed E-state index contributed by atoms with van der Waals surface area (Å²) < 4.78 is 22.4. The second-order valence-electron chi connectivity index (χ2n) is 5.48. The molecule has 7 nitrogen and oxygen atoms in total. The summed E-state index contributed by atoms with van der Waals surface area (Å²) >= 11 is 0. The van der Waals surface area contributed by atoms with E-state index in [1.54, 1.807) is 30.5 Å². The van der Waals surface area contributed by atoms with Crippen LogP contribution in [0.3, 0.4) is 0 Å². The lowest BCUT2D eigenvalue weighted by Crippen LogP contribution is -2.55. The van der Waals surface area contributed by atoms with Crippen LogP contribution in [0.5, 0.6) is 0 Å².